The number of benzene rings is 1. The molecule has 2 rings (SSSR count). The summed E-state index contributed by atoms with van der Waals surface area (Å²) in [5, 5.41) is 3.21. The molecule has 1 aromatic rings. The number of halogens is 1. The number of nitrogens with one attached hydrogen (secondary N) is 1. The minimum Gasteiger partial charge on any atom is -0.341 e. The van der Waals surface area contributed by atoms with Gasteiger partial charge in [0.15, 0.2) is 0 Å². The highest BCUT2D eigenvalue weighted by molar-refractivity contribution is 5.79. The number of amides is 1. The Morgan fingerprint density at radius 1 is 1.44 bits per heavy atom. The Morgan fingerprint density at radius 2 is 2.17 bits per heavy atom. The van der Waals surface area contributed by atoms with Crippen molar-refractivity contribution < 1.29 is 9.18 Å². The molecule has 2 atom stereocenters. The van der Waals surface area contributed by atoms with E-state index in [1.54, 1.807) is 30.1 Å². The van der Waals surface area contributed by atoms with E-state index in [0.29, 0.717) is 18.0 Å². The van der Waals surface area contributed by atoms with Gasteiger partial charge in [0.2, 0.25) is 5.91 Å². The molecule has 1 fully saturated rings. The van der Waals surface area contributed by atoms with Crippen LogP contribution >= 0.6 is 0 Å². The summed E-state index contributed by atoms with van der Waals surface area (Å²) < 4.78 is 13.5. The standard InChI is InChI=1S/C14H19FN2O/c1-10-7-16-8-12(10)14(18)17(2)9-11-5-3-4-6-13(11)15/h3-6,10,12,16H,7-9H2,1-2H3. The fraction of sp³-hybridized carbons (Fsp3) is 0.500. The minimum atomic E-state index is -0.255. The molecule has 18 heavy (non-hydrogen) atoms. The van der Waals surface area contributed by atoms with Crippen molar-refractivity contribution in [2.24, 2.45) is 11.8 Å². The highest BCUT2D eigenvalue weighted by Gasteiger charge is 2.31. The summed E-state index contributed by atoms with van der Waals surface area (Å²) in [5.41, 5.74) is 0.562. The highest BCUT2D eigenvalue weighted by Crippen LogP contribution is 2.19. The molecule has 1 aliphatic heterocycles. The van der Waals surface area contributed by atoms with Crippen molar-refractivity contribution in [3.8, 4) is 0 Å². The van der Waals surface area contributed by atoms with Crippen LogP contribution in [0, 0.1) is 17.7 Å². The number of hydrogen-bond donors (Lipinski definition) is 1. The molecule has 98 valence electrons. The van der Waals surface area contributed by atoms with Crippen molar-refractivity contribution in [2.75, 3.05) is 20.1 Å². The van der Waals surface area contributed by atoms with Gasteiger partial charge in [-0.3, -0.25) is 4.79 Å². The zero-order valence-electron chi connectivity index (χ0n) is 10.8. The zero-order valence-corrected chi connectivity index (χ0v) is 10.8. The smallest absolute Gasteiger partial charge is 0.227 e. The lowest BCUT2D eigenvalue weighted by molar-refractivity contribution is -0.135. The van der Waals surface area contributed by atoms with E-state index in [1.807, 2.05) is 0 Å². The minimum absolute atomic E-state index is 0.0155. The van der Waals surface area contributed by atoms with Crippen LogP contribution in [0.5, 0.6) is 0 Å². The van der Waals surface area contributed by atoms with E-state index in [4.69, 9.17) is 0 Å². The molecule has 2 unspecified atom stereocenters. The van der Waals surface area contributed by atoms with Gasteiger partial charge in [0.05, 0.1) is 5.92 Å². The van der Waals surface area contributed by atoms with Crippen LogP contribution in [0.1, 0.15) is 12.5 Å². The average molecular weight is 250 g/mol. The molecule has 1 aromatic carbocycles. The topological polar surface area (TPSA) is 32.3 Å². The number of nitrogens with zero attached hydrogens (tertiary/aromatic N) is 1. The molecule has 1 heterocycles. The third-order valence-electron chi connectivity index (χ3n) is 3.58. The van der Waals surface area contributed by atoms with E-state index in [9.17, 15) is 9.18 Å². The Balaban J connectivity index is 2.01. The van der Waals surface area contributed by atoms with Gasteiger partial charge in [-0.25, -0.2) is 4.39 Å². The van der Waals surface area contributed by atoms with Gasteiger partial charge in [-0.05, 0) is 18.5 Å². The Kier molecular flexibility index (Phi) is 3.97. The molecule has 4 heteroatoms. The third-order valence-corrected chi connectivity index (χ3v) is 3.58. The number of carbonyl (C=O) groups excluding carboxylic acids is 1. The summed E-state index contributed by atoms with van der Waals surface area (Å²) in [7, 11) is 1.74. The largest absolute Gasteiger partial charge is 0.341 e. The summed E-state index contributed by atoms with van der Waals surface area (Å²) in [6, 6.07) is 6.59. The zero-order chi connectivity index (χ0) is 13.1. The van der Waals surface area contributed by atoms with Gasteiger partial charge in [-0.15, -0.1) is 0 Å². The summed E-state index contributed by atoms with van der Waals surface area (Å²) in [5.74, 6) is 0.202. The van der Waals surface area contributed by atoms with Gasteiger partial charge in [-0.1, -0.05) is 25.1 Å². The highest BCUT2D eigenvalue weighted by atomic mass is 19.1. The van der Waals surface area contributed by atoms with E-state index < -0.39 is 0 Å². The van der Waals surface area contributed by atoms with Crippen LogP contribution in [-0.2, 0) is 11.3 Å². The fourth-order valence-electron chi connectivity index (χ4n) is 2.38. The van der Waals surface area contributed by atoms with Gasteiger partial charge >= 0.3 is 0 Å². The van der Waals surface area contributed by atoms with Gasteiger partial charge in [0, 0.05) is 25.7 Å². The second-order valence-corrected chi connectivity index (χ2v) is 5.03. The first-order valence-electron chi connectivity index (χ1n) is 6.28. The van der Waals surface area contributed by atoms with Crippen LogP contribution < -0.4 is 5.32 Å². The molecule has 0 aromatic heterocycles. The molecule has 0 bridgehead atoms. The van der Waals surface area contributed by atoms with E-state index in [2.05, 4.69) is 12.2 Å². The SMILES string of the molecule is CC1CNCC1C(=O)N(C)Cc1ccccc1F. The summed E-state index contributed by atoms with van der Waals surface area (Å²) in [6.45, 7) is 4.00. The van der Waals surface area contributed by atoms with Crippen molar-refractivity contribution in [1.29, 1.82) is 0 Å². The number of carbonyl (C=O) groups is 1. The average Bonchev–Trinajstić information content (AvgIpc) is 2.77. The summed E-state index contributed by atoms with van der Waals surface area (Å²) in [6.07, 6.45) is 0. The van der Waals surface area contributed by atoms with Crippen LogP contribution in [0.3, 0.4) is 0 Å². The molecular formula is C14H19FN2O. The van der Waals surface area contributed by atoms with Crippen LogP contribution in [0.15, 0.2) is 24.3 Å². The maximum atomic E-state index is 13.5. The number of rotatable bonds is 3. The van der Waals surface area contributed by atoms with Gasteiger partial charge < -0.3 is 10.2 Å². The van der Waals surface area contributed by atoms with E-state index >= 15 is 0 Å². The van der Waals surface area contributed by atoms with E-state index in [1.165, 1.54) is 6.07 Å². The summed E-state index contributed by atoms with van der Waals surface area (Å²) in [4.78, 5) is 13.9. The molecule has 1 N–H and O–H groups in total. The molecular weight excluding hydrogens is 231 g/mol. The van der Waals surface area contributed by atoms with Crippen LogP contribution in [0.25, 0.3) is 0 Å². The van der Waals surface area contributed by atoms with Crippen molar-refractivity contribution in [1.82, 2.24) is 10.2 Å². The lowest BCUT2D eigenvalue weighted by Gasteiger charge is -2.23. The predicted octanol–water partition coefficient (Wildman–Crippen LogP) is 1.64. The van der Waals surface area contributed by atoms with Crippen LogP contribution in [-0.4, -0.2) is 30.9 Å². The Bertz CT molecular complexity index is 436. The van der Waals surface area contributed by atoms with E-state index in [-0.39, 0.29) is 17.6 Å². The van der Waals surface area contributed by atoms with Gasteiger partial charge in [0.1, 0.15) is 5.82 Å². The van der Waals surface area contributed by atoms with Gasteiger partial charge in [0.25, 0.3) is 0 Å². The van der Waals surface area contributed by atoms with Crippen LogP contribution in [0.4, 0.5) is 4.39 Å². The van der Waals surface area contributed by atoms with Crippen molar-refractivity contribution in [2.45, 2.75) is 13.5 Å². The lowest BCUT2D eigenvalue weighted by Crippen LogP contribution is -2.35. The third kappa shape index (κ3) is 2.70. The second-order valence-electron chi connectivity index (χ2n) is 5.03. The van der Waals surface area contributed by atoms with Crippen LogP contribution in [0.2, 0.25) is 0 Å². The molecule has 3 nitrogen and oxygen atoms in total. The fourth-order valence-corrected chi connectivity index (χ4v) is 2.38. The van der Waals surface area contributed by atoms with E-state index in [0.717, 1.165) is 13.1 Å². The van der Waals surface area contributed by atoms with Crippen molar-refractivity contribution in [3.05, 3.63) is 35.6 Å². The summed E-state index contributed by atoms with van der Waals surface area (Å²) >= 11 is 0. The quantitative estimate of drug-likeness (QED) is 0.884. The maximum Gasteiger partial charge on any atom is 0.227 e. The molecule has 0 saturated carbocycles. The first-order chi connectivity index (χ1) is 8.59. The maximum absolute atomic E-state index is 13.5. The molecule has 0 spiro atoms. The normalized spacial score (nSPS) is 23.1. The molecule has 1 aliphatic rings. The molecule has 0 aliphatic carbocycles. The predicted molar refractivity (Wildman–Crippen MR) is 68.4 cm³/mol. The lowest BCUT2D eigenvalue weighted by atomic mass is 9.96. The first kappa shape index (κ1) is 13.0. The van der Waals surface area contributed by atoms with Crippen molar-refractivity contribution in [3.63, 3.8) is 0 Å². The molecule has 1 saturated heterocycles. The first-order valence-corrected chi connectivity index (χ1v) is 6.28. The Morgan fingerprint density at radius 3 is 2.78 bits per heavy atom. The van der Waals surface area contributed by atoms with Crippen molar-refractivity contribution >= 4 is 5.91 Å². The second kappa shape index (κ2) is 5.48. The van der Waals surface area contributed by atoms with Gasteiger partial charge in [-0.2, -0.15) is 0 Å². The monoisotopic (exact) mass is 250 g/mol. The Labute approximate surface area is 107 Å². The Hall–Kier alpha value is -1.42. The molecule has 0 radical (unpaired) electrons. The molecule has 1 amide bonds. The number of hydrogen-bond acceptors (Lipinski definition) is 2.